The van der Waals surface area contributed by atoms with Gasteiger partial charge in [0.25, 0.3) is 15.9 Å². The Morgan fingerprint density at radius 1 is 1.15 bits per heavy atom. The van der Waals surface area contributed by atoms with Crippen molar-refractivity contribution in [1.82, 2.24) is 10.2 Å². The summed E-state index contributed by atoms with van der Waals surface area (Å²) in [5.41, 5.74) is 0.537. The molecule has 0 saturated carbocycles. The number of nitrogens with one attached hydrogen (secondary N) is 2. The number of hydrogen-bond acceptors (Lipinski definition) is 5. The van der Waals surface area contributed by atoms with E-state index >= 15 is 0 Å². The van der Waals surface area contributed by atoms with Crippen molar-refractivity contribution in [3.63, 3.8) is 0 Å². The van der Waals surface area contributed by atoms with Gasteiger partial charge in [-0.25, -0.2) is 8.42 Å². The second-order valence-corrected chi connectivity index (χ2v) is 9.75. The predicted molar refractivity (Wildman–Crippen MR) is 127 cm³/mol. The first kappa shape index (κ1) is 24.9. The molecule has 2 amide bonds. The van der Waals surface area contributed by atoms with E-state index in [1.807, 2.05) is 13.8 Å². The maximum atomic E-state index is 13.1. The monoisotopic (exact) mass is 493 g/mol. The van der Waals surface area contributed by atoms with Crippen LogP contribution in [0.2, 0.25) is 5.02 Å². The van der Waals surface area contributed by atoms with Crippen molar-refractivity contribution >= 4 is 39.1 Å². The number of nitrogens with zero attached hydrogens (tertiary/aromatic N) is 1. The van der Waals surface area contributed by atoms with Gasteiger partial charge >= 0.3 is 0 Å². The molecule has 33 heavy (non-hydrogen) atoms. The number of anilines is 1. The summed E-state index contributed by atoms with van der Waals surface area (Å²) in [6.07, 6.45) is 1.41. The summed E-state index contributed by atoms with van der Waals surface area (Å²) in [7, 11) is -4.05. The Hall–Kier alpha value is -2.78. The lowest BCUT2D eigenvalue weighted by Crippen LogP contribution is -2.45. The van der Waals surface area contributed by atoms with Gasteiger partial charge in [0.2, 0.25) is 5.91 Å². The highest BCUT2D eigenvalue weighted by Gasteiger charge is 2.29. The normalized spacial score (nSPS) is 16.2. The Bertz CT molecular complexity index is 1110. The Kier molecular flexibility index (Phi) is 8.20. The molecule has 2 aromatic carbocycles. The maximum Gasteiger partial charge on any atom is 0.263 e. The Morgan fingerprint density at radius 3 is 2.55 bits per heavy atom. The van der Waals surface area contributed by atoms with Gasteiger partial charge in [-0.2, -0.15) is 0 Å². The van der Waals surface area contributed by atoms with E-state index in [4.69, 9.17) is 16.3 Å². The number of benzene rings is 2. The van der Waals surface area contributed by atoms with Crippen LogP contribution >= 0.6 is 11.6 Å². The molecule has 1 heterocycles. The maximum absolute atomic E-state index is 13.1. The number of likely N-dealkylation sites (tertiary alicyclic amines) is 1. The Morgan fingerprint density at radius 2 is 1.88 bits per heavy atom. The zero-order valence-electron chi connectivity index (χ0n) is 18.6. The molecule has 1 unspecified atom stereocenters. The van der Waals surface area contributed by atoms with Gasteiger partial charge in [0.1, 0.15) is 10.6 Å². The third-order valence-corrected chi connectivity index (χ3v) is 7.18. The number of halogens is 1. The predicted octanol–water partition coefficient (Wildman–Crippen LogP) is 3.53. The Labute approximate surface area is 199 Å². The van der Waals surface area contributed by atoms with Gasteiger partial charge in [0, 0.05) is 30.9 Å². The van der Waals surface area contributed by atoms with E-state index in [0.717, 1.165) is 0 Å². The molecule has 1 aliphatic heterocycles. The van der Waals surface area contributed by atoms with E-state index in [1.54, 1.807) is 29.2 Å². The fourth-order valence-electron chi connectivity index (χ4n) is 3.72. The molecule has 0 aromatic heterocycles. The smallest absolute Gasteiger partial charge is 0.263 e. The van der Waals surface area contributed by atoms with Crippen molar-refractivity contribution in [2.75, 3.05) is 31.0 Å². The summed E-state index contributed by atoms with van der Waals surface area (Å²) in [6.45, 7) is 5.53. The lowest BCUT2D eigenvalue weighted by Gasteiger charge is -2.32. The number of rotatable bonds is 8. The summed E-state index contributed by atoms with van der Waals surface area (Å²) in [6, 6.07) is 10.6. The summed E-state index contributed by atoms with van der Waals surface area (Å²) >= 11 is 6.19. The average Bonchev–Trinajstić information content (AvgIpc) is 2.80. The van der Waals surface area contributed by atoms with Crippen LogP contribution in [0.25, 0.3) is 0 Å². The third-order valence-electron chi connectivity index (χ3n) is 5.32. The number of hydrogen-bond donors (Lipinski definition) is 2. The summed E-state index contributed by atoms with van der Waals surface area (Å²) in [4.78, 5) is 26.7. The van der Waals surface area contributed by atoms with E-state index in [9.17, 15) is 18.0 Å². The highest BCUT2D eigenvalue weighted by Crippen LogP contribution is 2.27. The number of ether oxygens (including phenoxy) is 1. The molecule has 3 rings (SSSR count). The highest BCUT2D eigenvalue weighted by atomic mass is 35.5. The first-order valence-corrected chi connectivity index (χ1v) is 12.7. The molecule has 0 radical (unpaired) electrons. The second-order valence-electron chi connectivity index (χ2n) is 7.69. The molecular formula is C23H28ClN3O5S. The van der Waals surface area contributed by atoms with Gasteiger partial charge in [-0.3, -0.25) is 14.3 Å². The van der Waals surface area contributed by atoms with Crippen LogP contribution in [0, 0.1) is 5.92 Å². The molecule has 2 N–H and O–H groups in total. The molecule has 2 aromatic rings. The number of piperidine rings is 1. The topological polar surface area (TPSA) is 105 Å². The van der Waals surface area contributed by atoms with Crippen LogP contribution in [-0.2, 0) is 14.8 Å². The van der Waals surface area contributed by atoms with E-state index in [-0.39, 0.29) is 33.2 Å². The Balaban J connectivity index is 1.79. The largest absolute Gasteiger partial charge is 0.494 e. The lowest BCUT2D eigenvalue weighted by atomic mass is 9.96. The molecule has 0 bridgehead atoms. The van der Waals surface area contributed by atoms with E-state index in [2.05, 4.69) is 10.0 Å². The number of carbonyl (C=O) groups excluding carboxylic acids is 2. The second kappa shape index (κ2) is 10.9. The molecule has 1 aliphatic rings. The summed E-state index contributed by atoms with van der Waals surface area (Å²) in [5, 5.41) is 2.80. The zero-order chi connectivity index (χ0) is 24.0. The van der Waals surface area contributed by atoms with Gasteiger partial charge < -0.3 is 15.0 Å². The first-order valence-electron chi connectivity index (χ1n) is 10.9. The minimum atomic E-state index is -4.05. The van der Waals surface area contributed by atoms with Crippen LogP contribution < -0.4 is 14.8 Å². The zero-order valence-corrected chi connectivity index (χ0v) is 20.2. The SMILES string of the molecule is CCNC(=O)C1CCCN(C(=O)c2ccc(Cl)c(S(=O)(=O)Nc3ccc(OCC)cc3)c2)C1. The lowest BCUT2D eigenvalue weighted by molar-refractivity contribution is -0.126. The quantitative estimate of drug-likeness (QED) is 0.585. The van der Waals surface area contributed by atoms with E-state index in [1.165, 1.54) is 18.2 Å². The molecule has 8 nitrogen and oxygen atoms in total. The average molecular weight is 494 g/mol. The fourth-order valence-corrected chi connectivity index (χ4v) is 5.30. The molecule has 1 atom stereocenters. The van der Waals surface area contributed by atoms with Crippen molar-refractivity contribution in [2.45, 2.75) is 31.6 Å². The van der Waals surface area contributed by atoms with Crippen molar-refractivity contribution in [3.05, 3.63) is 53.1 Å². The molecule has 178 valence electrons. The van der Waals surface area contributed by atoms with Gasteiger partial charge in [0.15, 0.2) is 0 Å². The molecule has 0 aliphatic carbocycles. The van der Waals surface area contributed by atoms with Crippen LogP contribution in [0.4, 0.5) is 5.69 Å². The van der Waals surface area contributed by atoms with E-state index < -0.39 is 10.0 Å². The summed E-state index contributed by atoms with van der Waals surface area (Å²) in [5.74, 6) is -0.0647. The van der Waals surface area contributed by atoms with Crippen molar-refractivity contribution in [2.24, 2.45) is 5.92 Å². The number of amides is 2. The van der Waals surface area contributed by atoms with Crippen LogP contribution in [0.15, 0.2) is 47.4 Å². The van der Waals surface area contributed by atoms with Crippen molar-refractivity contribution in [3.8, 4) is 5.75 Å². The molecule has 10 heteroatoms. The molecular weight excluding hydrogens is 466 g/mol. The van der Waals surface area contributed by atoms with Gasteiger partial charge in [-0.05, 0) is 69.2 Å². The number of carbonyl (C=O) groups is 2. The van der Waals surface area contributed by atoms with Gasteiger partial charge in [-0.1, -0.05) is 11.6 Å². The first-order chi connectivity index (χ1) is 15.7. The van der Waals surface area contributed by atoms with Crippen LogP contribution in [0.1, 0.15) is 37.0 Å². The minimum absolute atomic E-state index is 0.00355. The fraction of sp³-hybridized carbons (Fsp3) is 0.391. The highest BCUT2D eigenvalue weighted by molar-refractivity contribution is 7.92. The standard InChI is InChI=1S/C23H28ClN3O5S/c1-3-25-22(28)17-6-5-13-27(15-17)23(29)16-7-12-20(24)21(14-16)33(30,31)26-18-8-10-19(11-9-18)32-4-2/h7-12,14,17,26H,3-6,13,15H2,1-2H3,(H,25,28). The molecule has 1 saturated heterocycles. The van der Waals surface area contributed by atoms with Crippen molar-refractivity contribution < 1.29 is 22.7 Å². The van der Waals surface area contributed by atoms with Crippen LogP contribution in [-0.4, -0.2) is 51.4 Å². The van der Waals surface area contributed by atoms with Gasteiger partial charge in [-0.15, -0.1) is 0 Å². The van der Waals surface area contributed by atoms with Crippen LogP contribution in [0.3, 0.4) is 0 Å². The van der Waals surface area contributed by atoms with Gasteiger partial charge in [0.05, 0.1) is 17.5 Å². The minimum Gasteiger partial charge on any atom is -0.494 e. The van der Waals surface area contributed by atoms with E-state index in [0.29, 0.717) is 50.5 Å². The summed E-state index contributed by atoms with van der Waals surface area (Å²) < 4.78 is 33.8. The number of sulfonamides is 1. The van der Waals surface area contributed by atoms with Crippen molar-refractivity contribution in [1.29, 1.82) is 0 Å². The molecule has 0 spiro atoms. The van der Waals surface area contributed by atoms with Crippen LogP contribution in [0.5, 0.6) is 5.75 Å². The third kappa shape index (κ3) is 6.17. The molecule has 1 fully saturated rings.